The standard InChI is InChI=1S/C6H10F6O3SSi/c1-17(2,3)15-16(13,14)6(11,12)4(7)5(8,9)10/h4H,1-3H3. The smallest absolute Gasteiger partial charge is 0.311 e. The van der Waals surface area contributed by atoms with Crippen molar-refractivity contribution in [2.75, 3.05) is 0 Å². The fourth-order valence-electron chi connectivity index (χ4n) is 0.702. The highest BCUT2D eigenvalue weighted by Crippen LogP contribution is 2.39. The zero-order valence-corrected chi connectivity index (χ0v) is 10.8. The molecule has 0 aliphatic rings. The highest BCUT2D eigenvalue weighted by atomic mass is 32.2. The lowest BCUT2D eigenvalue weighted by Crippen LogP contribution is -2.50. The molecule has 0 radical (unpaired) electrons. The Labute approximate surface area is 95.0 Å². The summed E-state index contributed by atoms with van der Waals surface area (Å²) in [5.41, 5.74) is 0. The maximum absolute atomic E-state index is 12.8. The molecule has 1 atom stereocenters. The average molecular weight is 304 g/mol. The van der Waals surface area contributed by atoms with Crippen LogP contribution in [0.4, 0.5) is 26.3 Å². The third kappa shape index (κ3) is 4.14. The SMILES string of the molecule is C[Si](C)(C)OS(=O)(=O)C(F)(F)C(F)C(F)(F)F. The van der Waals surface area contributed by atoms with Gasteiger partial charge in [0.15, 0.2) is 0 Å². The van der Waals surface area contributed by atoms with Gasteiger partial charge in [0.2, 0.25) is 8.32 Å². The van der Waals surface area contributed by atoms with Gasteiger partial charge in [0.25, 0.3) is 6.17 Å². The molecule has 3 nitrogen and oxygen atoms in total. The van der Waals surface area contributed by atoms with Crippen LogP contribution < -0.4 is 0 Å². The zero-order chi connectivity index (χ0) is 14.3. The minimum absolute atomic E-state index is 1.15. The second-order valence-electron chi connectivity index (χ2n) is 4.12. The van der Waals surface area contributed by atoms with Gasteiger partial charge in [-0.3, -0.25) is 0 Å². The summed E-state index contributed by atoms with van der Waals surface area (Å²) in [4.78, 5) is 0. The molecule has 0 spiro atoms. The first-order chi connectivity index (χ1) is 7.11. The number of alkyl halides is 6. The number of halogens is 6. The lowest BCUT2D eigenvalue weighted by atomic mass is 10.4. The van der Waals surface area contributed by atoms with E-state index in [0.717, 1.165) is 19.6 Å². The van der Waals surface area contributed by atoms with Gasteiger partial charge in [0.05, 0.1) is 0 Å². The summed E-state index contributed by atoms with van der Waals surface area (Å²) in [5, 5.41) is -5.66. The van der Waals surface area contributed by atoms with Crippen LogP contribution in [0.2, 0.25) is 19.6 Å². The van der Waals surface area contributed by atoms with E-state index >= 15 is 0 Å². The largest absolute Gasteiger partial charge is 0.426 e. The summed E-state index contributed by atoms with van der Waals surface area (Å²) < 4.78 is 99.0. The Morgan fingerprint density at radius 2 is 1.41 bits per heavy atom. The molecule has 0 aromatic heterocycles. The summed E-state index contributed by atoms with van der Waals surface area (Å²) in [6, 6.07) is 0. The van der Waals surface area contributed by atoms with Crippen LogP contribution in [0.3, 0.4) is 0 Å². The molecule has 0 N–H and O–H groups in total. The first kappa shape index (κ1) is 16.7. The van der Waals surface area contributed by atoms with Crippen LogP contribution in [-0.2, 0) is 14.0 Å². The van der Waals surface area contributed by atoms with Crippen LogP contribution in [-0.4, -0.2) is 34.3 Å². The quantitative estimate of drug-likeness (QED) is 0.592. The Balaban J connectivity index is 5.33. The second-order valence-corrected chi connectivity index (χ2v) is 10.5. The van der Waals surface area contributed by atoms with E-state index in [2.05, 4.69) is 3.87 Å². The Hall–Kier alpha value is -0.293. The Morgan fingerprint density at radius 3 is 1.65 bits per heavy atom. The van der Waals surface area contributed by atoms with E-state index in [1.165, 1.54) is 0 Å². The van der Waals surface area contributed by atoms with Crippen molar-refractivity contribution < 1.29 is 38.6 Å². The predicted octanol–water partition coefficient (Wildman–Crippen LogP) is 2.66. The second kappa shape index (κ2) is 4.43. The third-order valence-electron chi connectivity index (χ3n) is 1.28. The van der Waals surface area contributed by atoms with Gasteiger partial charge in [0.1, 0.15) is 0 Å². The Morgan fingerprint density at radius 1 is 1.06 bits per heavy atom. The lowest BCUT2D eigenvalue weighted by Gasteiger charge is -2.25. The van der Waals surface area contributed by atoms with Crippen LogP contribution in [0.1, 0.15) is 0 Å². The van der Waals surface area contributed by atoms with Crippen molar-refractivity contribution in [3.8, 4) is 0 Å². The van der Waals surface area contributed by atoms with E-state index in [4.69, 9.17) is 0 Å². The monoisotopic (exact) mass is 304 g/mol. The number of hydrogen-bond acceptors (Lipinski definition) is 3. The van der Waals surface area contributed by atoms with Gasteiger partial charge in [-0.25, -0.2) is 4.39 Å². The van der Waals surface area contributed by atoms with Gasteiger partial charge in [0, 0.05) is 0 Å². The molecule has 11 heteroatoms. The van der Waals surface area contributed by atoms with Crippen molar-refractivity contribution in [1.82, 2.24) is 0 Å². The van der Waals surface area contributed by atoms with Gasteiger partial charge in [-0.1, -0.05) is 0 Å². The minimum Gasteiger partial charge on any atom is -0.311 e. The first-order valence-corrected chi connectivity index (χ1v) is 8.97. The fraction of sp³-hybridized carbons (Fsp3) is 1.00. The van der Waals surface area contributed by atoms with E-state index in [9.17, 15) is 34.8 Å². The molecule has 0 amide bonds. The molecule has 0 rings (SSSR count). The molecular formula is C6H10F6O3SSi. The summed E-state index contributed by atoms with van der Waals surface area (Å²) in [5.74, 6) is 0. The van der Waals surface area contributed by atoms with Gasteiger partial charge in [-0.05, 0) is 19.6 Å². The summed E-state index contributed by atoms with van der Waals surface area (Å²) >= 11 is 0. The average Bonchev–Trinajstić information content (AvgIpc) is 1.95. The molecule has 17 heavy (non-hydrogen) atoms. The molecule has 0 saturated heterocycles. The molecule has 1 unspecified atom stereocenters. The maximum atomic E-state index is 12.8. The van der Waals surface area contributed by atoms with Gasteiger partial charge < -0.3 is 3.87 Å². The van der Waals surface area contributed by atoms with E-state index < -0.39 is 36.0 Å². The molecule has 0 fully saturated rings. The van der Waals surface area contributed by atoms with Crippen LogP contribution in [0.25, 0.3) is 0 Å². The molecule has 0 aliphatic heterocycles. The number of hydrogen-bond donors (Lipinski definition) is 0. The van der Waals surface area contributed by atoms with Crippen molar-refractivity contribution in [2.45, 2.75) is 37.2 Å². The van der Waals surface area contributed by atoms with Crippen LogP contribution in [0, 0.1) is 0 Å². The predicted molar refractivity (Wildman–Crippen MR) is 49.2 cm³/mol. The molecule has 0 aromatic carbocycles. The van der Waals surface area contributed by atoms with Crippen molar-refractivity contribution in [2.24, 2.45) is 0 Å². The minimum atomic E-state index is -5.99. The number of rotatable bonds is 4. The normalized spacial score (nSPS) is 17.0. The Bertz CT molecular complexity index is 370. The van der Waals surface area contributed by atoms with Crippen molar-refractivity contribution in [3.63, 3.8) is 0 Å². The van der Waals surface area contributed by atoms with E-state index in [-0.39, 0.29) is 0 Å². The molecule has 0 bridgehead atoms. The molecule has 0 aliphatic carbocycles. The maximum Gasteiger partial charge on any atom is 0.426 e. The van der Waals surface area contributed by atoms with E-state index in [0.29, 0.717) is 0 Å². The van der Waals surface area contributed by atoms with Crippen molar-refractivity contribution in [3.05, 3.63) is 0 Å². The van der Waals surface area contributed by atoms with Gasteiger partial charge >= 0.3 is 21.5 Å². The van der Waals surface area contributed by atoms with Gasteiger partial charge in [-0.15, -0.1) is 0 Å². The summed E-state index contributed by atoms with van der Waals surface area (Å²) in [6.45, 7) is 3.46. The van der Waals surface area contributed by atoms with Gasteiger partial charge in [-0.2, -0.15) is 30.4 Å². The van der Waals surface area contributed by atoms with Crippen LogP contribution >= 0.6 is 0 Å². The van der Waals surface area contributed by atoms with Crippen molar-refractivity contribution >= 4 is 18.4 Å². The fourth-order valence-corrected chi connectivity index (χ4v) is 4.17. The van der Waals surface area contributed by atoms with E-state index in [1.54, 1.807) is 0 Å². The highest BCUT2D eigenvalue weighted by molar-refractivity contribution is 7.88. The topological polar surface area (TPSA) is 43.4 Å². The van der Waals surface area contributed by atoms with Crippen LogP contribution in [0.15, 0.2) is 0 Å². The van der Waals surface area contributed by atoms with E-state index in [1.807, 2.05) is 0 Å². The molecule has 104 valence electrons. The van der Waals surface area contributed by atoms with Crippen LogP contribution in [0.5, 0.6) is 0 Å². The lowest BCUT2D eigenvalue weighted by molar-refractivity contribution is -0.223. The molecule has 0 saturated carbocycles. The third-order valence-corrected chi connectivity index (χ3v) is 5.03. The summed E-state index contributed by atoms with van der Waals surface area (Å²) in [6.07, 6.45) is -10.8. The molecule has 0 aromatic rings. The molecule has 0 heterocycles. The zero-order valence-electron chi connectivity index (χ0n) is 8.98. The Kier molecular flexibility index (Phi) is 4.35. The highest BCUT2D eigenvalue weighted by Gasteiger charge is 2.65. The van der Waals surface area contributed by atoms with Crippen molar-refractivity contribution in [1.29, 1.82) is 0 Å². The summed E-state index contributed by atoms with van der Waals surface area (Å²) in [7, 11) is -9.08. The first-order valence-electron chi connectivity index (χ1n) is 4.15. The molecular weight excluding hydrogens is 294 g/mol.